The van der Waals surface area contributed by atoms with Crippen molar-refractivity contribution >= 4 is 0 Å². The van der Waals surface area contributed by atoms with Gasteiger partial charge < -0.3 is 9.64 Å². The molecule has 0 radical (unpaired) electrons. The van der Waals surface area contributed by atoms with Crippen LogP contribution in [0.4, 0.5) is 0 Å². The van der Waals surface area contributed by atoms with Gasteiger partial charge in [0.25, 0.3) is 0 Å². The van der Waals surface area contributed by atoms with Gasteiger partial charge in [-0.2, -0.15) is 0 Å². The molecule has 0 bridgehead atoms. The highest BCUT2D eigenvalue weighted by molar-refractivity contribution is 5.15. The van der Waals surface area contributed by atoms with Crippen molar-refractivity contribution in [1.29, 1.82) is 0 Å². The molecule has 4 rings (SSSR count). The van der Waals surface area contributed by atoms with Crippen LogP contribution in [0.2, 0.25) is 0 Å². The van der Waals surface area contributed by atoms with Crippen LogP contribution in [0.5, 0.6) is 0 Å². The van der Waals surface area contributed by atoms with E-state index in [1.54, 1.807) is 0 Å². The van der Waals surface area contributed by atoms with Crippen molar-refractivity contribution in [2.75, 3.05) is 45.9 Å². The number of ether oxygens (including phenoxy) is 1. The lowest BCUT2D eigenvalue weighted by Gasteiger charge is -2.26. The number of fused-ring (bicyclic) bond motifs is 1. The SMILES string of the molecule is c1ccc(CN2C[C@@H]3[C@@H](COCCCN4CCCCC4)[C@@H]3C2)cc1. The molecule has 0 aromatic heterocycles. The Morgan fingerprint density at radius 3 is 2.42 bits per heavy atom. The fourth-order valence-corrected chi connectivity index (χ4v) is 4.75. The average molecular weight is 329 g/mol. The summed E-state index contributed by atoms with van der Waals surface area (Å²) < 4.78 is 5.99. The van der Waals surface area contributed by atoms with Crippen LogP contribution in [0.3, 0.4) is 0 Å². The molecule has 2 heterocycles. The van der Waals surface area contributed by atoms with Crippen molar-refractivity contribution in [3.05, 3.63) is 35.9 Å². The predicted octanol–water partition coefficient (Wildman–Crippen LogP) is 3.26. The fourth-order valence-electron chi connectivity index (χ4n) is 4.75. The molecular formula is C21H32N2O. The van der Waals surface area contributed by atoms with Gasteiger partial charge in [0.15, 0.2) is 0 Å². The van der Waals surface area contributed by atoms with Crippen molar-refractivity contribution in [1.82, 2.24) is 9.80 Å². The normalized spacial score (nSPS) is 30.4. The van der Waals surface area contributed by atoms with E-state index in [2.05, 4.69) is 40.1 Å². The summed E-state index contributed by atoms with van der Waals surface area (Å²) in [7, 11) is 0. The van der Waals surface area contributed by atoms with Crippen LogP contribution >= 0.6 is 0 Å². The van der Waals surface area contributed by atoms with Crippen molar-refractivity contribution in [3.63, 3.8) is 0 Å². The number of hydrogen-bond acceptors (Lipinski definition) is 3. The Balaban J connectivity index is 1.06. The molecule has 0 unspecified atom stereocenters. The minimum Gasteiger partial charge on any atom is -0.381 e. The third-order valence-electron chi connectivity index (χ3n) is 6.22. The van der Waals surface area contributed by atoms with Crippen LogP contribution in [-0.4, -0.2) is 55.7 Å². The first-order valence-electron chi connectivity index (χ1n) is 9.96. The number of benzene rings is 1. The summed E-state index contributed by atoms with van der Waals surface area (Å²) in [6.45, 7) is 9.51. The number of piperidine rings is 2. The maximum Gasteiger partial charge on any atom is 0.0500 e. The van der Waals surface area contributed by atoms with E-state index in [0.29, 0.717) is 0 Å². The summed E-state index contributed by atoms with van der Waals surface area (Å²) in [6, 6.07) is 10.9. The molecule has 2 aliphatic heterocycles. The van der Waals surface area contributed by atoms with Crippen LogP contribution < -0.4 is 0 Å². The summed E-state index contributed by atoms with van der Waals surface area (Å²) in [5.74, 6) is 2.68. The van der Waals surface area contributed by atoms with Gasteiger partial charge in [0, 0.05) is 32.8 Å². The van der Waals surface area contributed by atoms with E-state index in [1.807, 2.05) is 0 Å². The Kier molecular flexibility index (Phi) is 5.51. The highest BCUT2D eigenvalue weighted by Gasteiger charge is 2.55. The zero-order chi connectivity index (χ0) is 16.2. The van der Waals surface area contributed by atoms with Crippen molar-refractivity contribution in [2.45, 2.75) is 32.2 Å². The molecule has 3 heteroatoms. The van der Waals surface area contributed by atoms with Crippen molar-refractivity contribution in [3.8, 4) is 0 Å². The van der Waals surface area contributed by atoms with E-state index >= 15 is 0 Å². The first kappa shape index (κ1) is 16.6. The Morgan fingerprint density at radius 2 is 1.67 bits per heavy atom. The summed E-state index contributed by atoms with van der Waals surface area (Å²) in [5.41, 5.74) is 1.45. The lowest BCUT2D eigenvalue weighted by molar-refractivity contribution is 0.0967. The molecule has 24 heavy (non-hydrogen) atoms. The molecule has 132 valence electrons. The first-order chi connectivity index (χ1) is 11.9. The van der Waals surface area contributed by atoms with E-state index in [4.69, 9.17) is 4.74 Å². The molecule has 1 saturated carbocycles. The summed E-state index contributed by atoms with van der Waals surface area (Å²) in [5, 5.41) is 0. The van der Waals surface area contributed by atoms with Gasteiger partial charge in [0.2, 0.25) is 0 Å². The van der Waals surface area contributed by atoms with Gasteiger partial charge in [-0.1, -0.05) is 36.8 Å². The molecule has 1 aliphatic carbocycles. The van der Waals surface area contributed by atoms with E-state index in [0.717, 1.165) is 37.5 Å². The number of likely N-dealkylation sites (tertiary alicyclic amines) is 2. The lowest BCUT2D eigenvalue weighted by atomic mass is 10.1. The Hall–Kier alpha value is -0.900. The van der Waals surface area contributed by atoms with Crippen LogP contribution in [0.25, 0.3) is 0 Å². The molecule has 0 spiro atoms. The minimum absolute atomic E-state index is 0.854. The third-order valence-corrected chi connectivity index (χ3v) is 6.22. The number of rotatable bonds is 8. The van der Waals surface area contributed by atoms with E-state index in [-0.39, 0.29) is 0 Å². The van der Waals surface area contributed by atoms with Gasteiger partial charge in [-0.05, 0) is 55.7 Å². The standard InChI is InChI=1S/C21H32N2O/c1-3-8-18(9-4-1)14-23-15-19-20(16-23)21(19)17-24-13-7-12-22-10-5-2-6-11-22/h1,3-4,8-9,19-21H,2,5-7,10-17H2/t19-,20+,21+. The largest absolute Gasteiger partial charge is 0.381 e. The van der Waals surface area contributed by atoms with E-state index in [9.17, 15) is 0 Å². The summed E-state index contributed by atoms with van der Waals surface area (Å²) in [4.78, 5) is 5.23. The van der Waals surface area contributed by atoms with Gasteiger partial charge in [0.05, 0.1) is 6.61 Å². The smallest absolute Gasteiger partial charge is 0.0500 e. The fraction of sp³-hybridized carbons (Fsp3) is 0.714. The van der Waals surface area contributed by atoms with Gasteiger partial charge >= 0.3 is 0 Å². The molecule has 3 nitrogen and oxygen atoms in total. The topological polar surface area (TPSA) is 15.7 Å². The maximum absolute atomic E-state index is 5.99. The van der Waals surface area contributed by atoms with E-state index in [1.165, 1.54) is 64.0 Å². The van der Waals surface area contributed by atoms with E-state index < -0.39 is 0 Å². The highest BCUT2D eigenvalue weighted by Crippen LogP contribution is 2.51. The second-order valence-electron chi connectivity index (χ2n) is 8.00. The molecule has 2 saturated heterocycles. The zero-order valence-electron chi connectivity index (χ0n) is 14.9. The van der Waals surface area contributed by atoms with Gasteiger partial charge in [-0.25, -0.2) is 0 Å². The minimum atomic E-state index is 0.854. The van der Waals surface area contributed by atoms with Crippen LogP contribution in [-0.2, 0) is 11.3 Å². The molecule has 0 N–H and O–H groups in total. The molecule has 3 atom stereocenters. The Morgan fingerprint density at radius 1 is 0.917 bits per heavy atom. The van der Waals surface area contributed by atoms with Crippen LogP contribution in [0.15, 0.2) is 30.3 Å². The quantitative estimate of drug-likeness (QED) is 0.681. The second-order valence-corrected chi connectivity index (χ2v) is 8.00. The molecule has 3 aliphatic rings. The monoisotopic (exact) mass is 328 g/mol. The van der Waals surface area contributed by atoms with Gasteiger partial charge in [-0.3, -0.25) is 4.90 Å². The number of hydrogen-bond donors (Lipinski definition) is 0. The molecule has 3 fully saturated rings. The molecular weight excluding hydrogens is 296 g/mol. The first-order valence-corrected chi connectivity index (χ1v) is 9.96. The predicted molar refractivity (Wildman–Crippen MR) is 97.9 cm³/mol. The Labute approximate surface area is 147 Å². The van der Waals surface area contributed by atoms with Crippen LogP contribution in [0, 0.1) is 17.8 Å². The average Bonchev–Trinajstić information content (AvgIpc) is 3.08. The van der Waals surface area contributed by atoms with Crippen molar-refractivity contribution in [2.24, 2.45) is 17.8 Å². The second kappa shape index (κ2) is 7.99. The molecule has 0 amide bonds. The molecule has 1 aromatic carbocycles. The zero-order valence-corrected chi connectivity index (χ0v) is 14.9. The lowest BCUT2D eigenvalue weighted by Crippen LogP contribution is -2.31. The third kappa shape index (κ3) is 4.19. The summed E-state index contributed by atoms with van der Waals surface area (Å²) >= 11 is 0. The van der Waals surface area contributed by atoms with Gasteiger partial charge in [-0.15, -0.1) is 0 Å². The van der Waals surface area contributed by atoms with Crippen molar-refractivity contribution < 1.29 is 4.74 Å². The Bertz CT molecular complexity index is 488. The summed E-state index contributed by atoms with van der Waals surface area (Å²) in [6.07, 6.45) is 5.43. The molecule has 1 aromatic rings. The van der Waals surface area contributed by atoms with Crippen LogP contribution in [0.1, 0.15) is 31.2 Å². The van der Waals surface area contributed by atoms with Gasteiger partial charge in [0.1, 0.15) is 0 Å². The highest BCUT2D eigenvalue weighted by atomic mass is 16.5. The maximum atomic E-state index is 5.99. The number of nitrogens with zero attached hydrogens (tertiary/aromatic N) is 2.